The molecule has 7 nitrogen and oxygen atoms in total. The summed E-state index contributed by atoms with van der Waals surface area (Å²) in [5.41, 5.74) is 1.43. The maximum absolute atomic E-state index is 13.2. The molecular weight excluding hydrogens is 507 g/mol. The van der Waals surface area contributed by atoms with Crippen molar-refractivity contribution in [3.05, 3.63) is 75.3 Å². The Labute approximate surface area is 213 Å². The van der Waals surface area contributed by atoms with E-state index in [0.29, 0.717) is 59.3 Å². The molecule has 0 saturated carbocycles. The first-order chi connectivity index (χ1) is 17.7. The number of carbonyl (C=O) groups excluding carboxylic acids is 1. The van der Waals surface area contributed by atoms with Crippen LogP contribution in [0, 0.1) is 6.92 Å². The topological polar surface area (TPSA) is 83.8 Å². The van der Waals surface area contributed by atoms with Gasteiger partial charge in [0.15, 0.2) is 11.5 Å². The predicted molar refractivity (Wildman–Crippen MR) is 138 cm³/mol. The summed E-state index contributed by atoms with van der Waals surface area (Å²) in [5, 5.41) is 6.91. The Morgan fingerprint density at radius 3 is 2.49 bits per heavy atom. The van der Waals surface area contributed by atoms with Gasteiger partial charge in [-0.25, -0.2) is 4.79 Å². The first-order valence-electron chi connectivity index (χ1n) is 11.4. The number of anilines is 3. The molecule has 0 bridgehead atoms. The maximum atomic E-state index is 13.2. The highest BCUT2D eigenvalue weighted by molar-refractivity contribution is 7.17. The average Bonchev–Trinajstić information content (AvgIpc) is 3.30. The number of urea groups is 1. The first-order valence-corrected chi connectivity index (χ1v) is 12.3. The van der Waals surface area contributed by atoms with Crippen LogP contribution in [-0.4, -0.2) is 32.3 Å². The number of nitrogens with one attached hydrogen (secondary N) is 2. The lowest BCUT2D eigenvalue weighted by Crippen LogP contribution is -2.36. The van der Waals surface area contributed by atoms with Crippen molar-refractivity contribution in [3.8, 4) is 11.1 Å². The van der Waals surface area contributed by atoms with Crippen molar-refractivity contribution >= 4 is 44.9 Å². The zero-order valence-corrected chi connectivity index (χ0v) is 20.5. The van der Waals surface area contributed by atoms with Crippen molar-refractivity contribution in [1.29, 1.82) is 0 Å². The van der Waals surface area contributed by atoms with Crippen LogP contribution in [0.4, 0.5) is 35.2 Å². The van der Waals surface area contributed by atoms with Gasteiger partial charge < -0.3 is 24.7 Å². The van der Waals surface area contributed by atoms with Gasteiger partial charge in [-0.2, -0.15) is 13.2 Å². The zero-order chi connectivity index (χ0) is 26.2. The molecule has 2 amide bonds. The van der Waals surface area contributed by atoms with Gasteiger partial charge in [0.25, 0.3) is 0 Å². The number of thiophene rings is 1. The fourth-order valence-electron chi connectivity index (χ4n) is 4.13. The molecular formula is C26H22F3N3O4S. The van der Waals surface area contributed by atoms with Crippen LogP contribution in [-0.2, 0) is 10.9 Å². The van der Waals surface area contributed by atoms with Crippen LogP contribution in [0.15, 0.2) is 63.1 Å². The predicted octanol–water partition coefficient (Wildman–Crippen LogP) is 6.33. The third-order valence-corrected chi connectivity index (χ3v) is 6.96. The molecule has 0 aliphatic carbocycles. The number of alkyl halides is 3. The van der Waals surface area contributed by atoms with E-state index in [2.05, 4.69) is 10.6 Å². The van der Waals surface area contributed by atoms with Crippen LogP contribution in [0.5, 0.6) is 0 Å². The van der Waals surface area contributed by atoms with Gasteiger partial charge in [0.05, 0.1) is 18.8 Å². The molecule has 1 aliphatic heterocycles. The summed E-state index contributed by atoms with van der Waals surface area (Å²) in [7, 11) is 0. The monoisotopic (exact) mass is 529 g/mol. The molecule has 0 spiro atoms. The average molecular weight is 530 g/mol. The minimum atomic E-state index is -4.52. The Morgan fingerprint density at radius 2 is 1.76 bits per heavy atom. The lowest BCUT2D eigenvalue weighted by molar-refractivity contribution is -0.138. The van der Waals surface area contributed by atoms with E-state index in [1.807, 2.05) is 16.3 Å². The van der Waals surface area contributed by atoms with Crippen molar-refractivity contribution in [1.82, 2.24) is 0 Å². The number of hydrogen-bond donors (Lipinski definition) is 2. The van der Waals surface area contributed by atoms with E-state index in [1.54, 1.807) is 18.2 Å². The van der Waals surface area contributed by atoms with Crippen molar-refractivity contribution < 1.29 is 27.1 Å². The Morgan fingerprint density at radius 1 is 1.03 bits per heavy atom. The number of fused-ring (bicyclic) bond motifs is 1. The van der Waals surface area contributed by atoms with Gasteiger partial charge in [-0.1, -0.05) is 18.2 Å². The molecule has 4 aromatic rings. The van der Waals surface area contributed by atoms with E-state index in [1.165, 1.54) is 36.5 Å². The SMILES string of the molecule is Cc1ccc(NC(=O)Nc2cccc(-c3csc4c(=O)cc(N5CCOCC5)oc34)c2)cc1C(F)(F)F. The second-order valence-electron chi connectivity index (χ2n) is 8.54. The van der Waals surface area contributed by atoms with E-state index < -0.39 is 17.8 Å². The summed E-state index contributed by atoms with van der Waals surface area (Å²) in [6, 6.07) is 11.3. The fraction of sp³-hybridized carbons (Fsp3) is 0.231. The number of morpholine rings is 1. The summed E-state index contributed by atoms with van der Waals surface area (Å²) in [5.74, 6) is 0.477. The number of rotatable bonds is 4. The smallest absolute Gasteiger partial charge is 0.416 e. The lowest BCUT2D eigenvalue weighted by atomic mass is 10.1. The third-order valence-electron chi connectivity index (χ3n) is 5.99. The summed E-state index contributed by atoms with van der Waals surface area (Å²) >= 11 is 1.28. The Kier molecular flexibility index (Phi) is 6.65. The van der Waals surface area contributed by atoms with Crippen molar-refractivity contribution in [2.45, 2.75) is 13.1 Å². The summed E-state index contributed by atoms with van der Waals surface area (Å²) in [6.45, 7) is 3.70. The van der Waals surface area contributed by atoms with Crippen molar-refractivity contribution in [2.75, 3.05) is 41.8 Å². The number of amides is 2. The van der Waals surface area contributed by atoms with Gasteiger partial charge >= 0.3 is 12.2 Å². The van der Waals surface area contributed by atoms with E-state index in [4.69, 9.17) is 9.15 Å². The molecule has 1 fully saturated rings. The van der Waals surface area contributed by atoms with E-state index in [-0.39, 0.29) is 16.7 Å². The molecule has 37 heavy (non-hydrogen) atoms. The summed E-state index contributed by atoms with van der Waals surface area (Å²) in [4.78, 5) is 27.2. The summed E-state index contributed by atoms with van der Waals surface area (Å²) in [6.07, 6.45) is -4.52. The van der Waals surface area contributed by atoms with Gasteiger partial charge in [-0.3, -0.25) is 4.79 Å². The number of nitrogens with zero attached hydrogens (tertiary/aromatic N) is 1. The van der Waals surface area contributed by atoms with Crippen LogP contribution < -0.4 is 21.0 Å². The highest BCUT2D eigenvalue weighted by Gasteiger charge is 2.32. The largest absolute Gasteiger partial charge is 0.439 e. The van der Waals surface area contributed by atoms with E-state index >= 15 is 0 Å². The highest BCUT2D eigenvalue weighted by atomic mass is 32.1. The zero-order valence-electron chi connectivity index (χ0n) is 19.6. The Hall–Kier alpha value is -3.83. The molecule has 1 aliphatic rings. The molecule has 3 heterocycles. The Balaban J connectivity index is 1.38. The van der Waals surface area contributed by atoms with Crippen LogP contribution >= 0.6 is 11.3 Å². The molecule has 11 heteroatoms. The van der Waals surface area contributed by atoms with Crippen molar-refractivity contribution in [3.63, 3.8) is 0 Å². The molecule has 2 aromatic carbocycles. The highest BCUT2D eigenvalue weighted by Crippen LogP contribution is 2.36. The quantitative estimate of drug-likeness (QED) is 0.323. The molecule has 0 radical (unpaired) electrons. The molecule has 192 valence electrons. The number of benzene rings is 2. The van der Waals surface area contributed by atoms with Gasteiger partial charge in [-0.05, 0) is 42.3 Å². The van der Waals surface area contributed by atoms with Crippen LogP contribution in [0.3, 0.4) is 0 Å². The number of ether oxygens (including phenoxy) is 1. The maximum Gasteiger partial charge on any atom is 0.416 e. The molecule has 0 atom stereocenters. The molecule has 1 saturated heterocycles. The van der Waals surface area contributed by atoms with Gasteiger partial charge in [0.1, 0.15) is 4.70 Å². The lowest BCUT2D eigenvalue weighted by Gasteiger charge is -2.27. The van der Waals surface area contributed by atoms with E-state index in [0.717, 1.165) is 6.07 Å². The molecule has 2 aromatic heterocycles. The second-order valence-corrected chi connectivity index (χ2v) is 9.42. The van der Waals surface area contributed by atoms with Crippen LogP contribution in [0.1, 0.15) is 11.1 Å². The number of hydrogen-bond acceptors (Lipinski definition) is 6. The Bertz CT molecular complexity index is 1520. The number of halogens is 3. The summed E-state index contributed by atoms with van der Waals surface area (Å²) < 4.78 is 51.6. The molecule has 0 unspecified atom stereocenters. The third kappa shape index (κ3) is 5.32. The standard InChI is InChI=1S/C26H22F3N3O4S/c1-15-5-6-18(12-20(15)26(27,28)29)31-25(34)30-17-4-2-3-16(11-17)19-14-37-24-21(33)13-22(36-23(19)24)32-7-9-35-10-8-32/h2-6,11-14H,7-10H2,1H3,(H2,30,31,34). The number of aryl methyl sites for hydroxylation is 1. The first kappa shape index (κ1) is 24.8. The fourth-order valence-corrected chi connectivity index (χ4v) is 5.04. The molecule has 5 rings (SSSR count). The van der Waals surface area contributed by atoms with Crippen molar-refractivity contribution in [2.24, 2.45) is 0 Å². The van der Waals surface area contributed by atoms with Crippen LogP contribution in [0.2, 0.25) is 0 Å². The van der Waals surface area contributed by atoms with Crippen LogP contribution in [0.25, 0.3) is 21.4 Å². The minimum absolute atomic E-state index is 0.0211. The van der Waals surface area contributed by atoms with Gasteiger partial charge in [0.2, 0.25) is 5.43 Å². The molecule has 2 N–H and O–H groups in total. The van der Waals surface area contributed by atoms with E-state index in [9.17, 15) is 22.8 Å². The normalized spacial score (nSPS) is 14.1. The van der Waals surface area contributed by atoms with Gasteiger partial charge in [-0.15, -0.1) is 11.3 Å². The minimum Gasteiger partial charge on any atom is -0.439 e. The number of carbonyl (C=O) groups is 1. The second kappa shape index (κ2) is 9.91. The van der Waals surface area contributed by atoms with Gasteiger partial charge in [0, 0.05) is 41.5 Å².